The molecule has 1 aliphatic heterocycles. The monoisotopic (exact) mass is 428 g/mol. The summed E-state index contributed by atoms with van der Waals surface area (Å²) in [6, 6.07) is 14.7. The van der Waals surface area contributed by atoms with Gasteiger partial charge in [0.05, 0.1) is 26.4 Å². The van der Waals surface area contributed by atoms with Gasteiger partial charge in [-0.25, -0.2) is 9.59 Å². The zero-order valence-corrected chi connectivity index (χ0v) is 18.0. The van der Waals surface area contributed by atoms with E-state index < -0.39 is 12.1 Å². The standard InChI is InChI=1S/C23H28N2O6/c1-28-20-10-9-17(13-18(20)22(26)30-3)25-12-11-19(21(14-25)29-2)24-23(27)31-15-16-7-5-4-6-8-16/h4-10,13,19,21H,11-12,14-15H2,1-3H3,(H,24,27)/t19-,21+/m1/s1. The smallest absolute Gasteiger partial charge is 0.407 e. The average molecular weight is 428 g/mol. The van der Waals surface area contributed by atoms with Crippen LogP contribution in [0.15, 0.2) is 48.5 Å². The van der Waals surface area contributed by atoms with Gasteiger partial charge in [-0.1, -0.05) is 30.3 Å². The Kier molecular flexibility index (Phi) is 7.72. The van der Waals surface area contributed by atoms with Crippen LogP contribution in [0.3, 0.4) is 0 Å². The first-order valence-electron chi connectivity index (χ1n) is 10.1. The molecule has 0 saturated carbocycles. The minimum Gasteiger partial charge on any atom is -0.496 e. The third-order valence-electron chi connectivity index (χ3n) is 5.33. The van der Waals surface area contributed by atoms with Crippen LogP contribution in [0.2, 0.25) is 0 Å². The van der Waals surface area contributed by atoms with E-state index in [-0.39, 0.29) is 18.8 Å². The van der Waals surface area contributed by atoms with Gasteiger partial charge >= 0.3 is 12.1 Å². The highest BCUT2D eigenvalue weighted by atomic mass is 16.5. The lowest BCUT2D eigenvalue weighted by Gasteiger charge is -2.39. The quantitative estimate of drug-likeness (QED) is 0.679. The molecule has 166 valence electrons. The third kappa shape index (κ3) is 5.67. The van der Waals surface area contributed by atoms with E-state index in [0.717, 1.165) is 11.3 Å². The highest BCUT2D eigenvalue weighted by Gasteiger charge is 2.31. The summed E-state index contributed by atoms with van der Waals surface area (Å²) in [7, 11) is 4.46. The molecule has 1 saturated heterocycles. The summed E-state index contributed by atoms with van der Waals surface area (Å²) in [5, 5.41) is 2.91. The van der Waals surface area contributed by atoms with Crippen molar-refractivity contribution in [2.75, 3.05) is 39.3 Å². The number of hydrogen-bond acceptors (Lipinski definition) is 7. The summed E-state index contributed by atoms with van der Waals surface area (Å²) in [4.78, 5) is 26.4. The number of anilines is 1. The van der Waals surface area contributed by atoms with Crippen molar-refractivity contribution in [3.05, 3.63) is 59.7 Å². The molecule has 0 bridgehead atoms. The van der Waals surface area contributed by atoms with E-state index in [9.17, 15) is 9.59 Å². The van der Waals surface area contributed by atoms with Crippen LogP contribution < -0.4 is 15.0 Å². The molecule has 0 aromatic heterocycles. The van der Waals surface area contributed by atoms with Crippen LogP contribution in [-0.2, 0) is 20.8 Å². The van der Waals surface area contributed by atoms with Crippen LogP contribution in [0.4, 0.5) is 10.5 Å². The summed E-state index contributed by atoms with van der Waals surface area (Å²) >= 11 is 0. The van der Waals surface area contributed by atoms with Crippen molar-refractivity contribution in [3.8, 4) is 5.75 Å². The van der Waals surface area contributed by atoms with Crippen molar-refractivity contribution in [1.82, 2.24) is 5.32 Å². The highest BCUT2D eigenvalue weighted by molar-refractivity contribution is 5.93. The number of alkyl carbamates (subject to hydrolysis) is 1. The molecule has 0 radical (unpaired) electrons. The number of methoxy groups -OCH3 is 3. The number of nitrogens with one attached hydrogen (secondary N) is 1. The Bertz CT molecular complexity index is 889. The lowest BCUT2D eigenvalue weighted by molar-refractivity contribution is 0.0545. The summed E-state index contributed by atoms with van der Waals surface area (Å²) in [6.07, 6.45) is -0.0399. The highest BCUT2D eigenvalue weighted by Crippen LogP contribution is 2.28. The molecule has 1 aliphatic rings. The molecule has 0 unspecified atom stereocenters. The molecule has 3 rings (SSSR count). The number of nitrogens with zero attached hydrogens (tertiary/aromatic N) is 1. The lowest BCUT2D eigenvalue weighted by Crippen LogP contribution is -2.55. The SMILES string of the molecule is COC(=O)c1cc(N2CC[C@@H](NC(=O)OCc3ccccc3)[C@@H](OC)C2)ccc1OC. The molecular weight excluding hydrogens is 400 g/mol. The lowest BCUT2D eigenvalue weighted by atomic mass is 10.0. The molecule has 8 nitrogen and oxygen atoms in total. The topological polar surface area (TPSA) is 86.3 Å². The van der Waals surface area contributed by atoms with Crippen molar-refractivity contribution in [2.45, 2.75) is 25.2 Å². The van der Waals surface area contributed by atoms with Crippen molar-refractivity contribution < 1.29 is 28.5 Å². The number of amides is 1. The number of carbonyl (C=O) groups excluding carboxylic acids is 2. The van der Waals surface area contributed by atoms with Crippen LogP contribution in [-0.4, -0.2) is 58.6 Å². The zero-order chi connectivity index (χ0) is 22.2. The predicted octanol–water partition coefficient (Wildman–Crippen LogP) is 3.00. The van der Waals surface area contributed by atoms with Crippen molar-refractivity contribution in [2.24, 2.45) is 0 Å². The van der Waals surface area contributed by atoms with E-state index in [4.69, 9.17) is 18.9 Å². The van der Waals surface area contributed by atoms with Gasteiger partial charge in [0.2, 0.25) is 0 Å². The second-order valence-corrected chi connectivity index (χ2v) is 7.20. The van der Waals surface area contributed by atoms with Crippen LogP contribution in [0, 0.1) is 0 Å². The van der Waals surface area contributed by atoms with E-state index >= 15 is 0 Å². The number of esters is 1. The number of piperidine rings is 1. The van der Waals surface area contributed by atoms with Crippen LogP contribution >= 0.6 is 0 Å². The maximum absolute atomic E-state index is 12.3. The third-order valence-corrected chi connectivity index (χ3v) is 5.33. The van der Waals surface area contributed by atoms with Crippen molar-refractivity contribution in [3.63, 3.8) is 0 Å². The Hall–Kier alpha value is -3.26. The fourth-order valence-electron chi connectivity index (χ4n) is 3.63. The predicted molar refractivity (Wildman–Crippen MR) is 116 cm³/mol. The maximum Gasteiger partial charge on any atom is 0.407 e. The molecule has 0 aliphatic carbocycles. The number of carbonyl (C=O) groups is 2. The van der Waals surface area contributed by atoms with Gasteiger partial charge in [0.15, 0.2) is 0 Å². The average Bonchev–Trinajstić information content (AvgIpc) is 2.82. The molecule has 8 heteroatoms. The van der Waals surface area contributed by atoms with Crippen LogP contribution in [0.1, 0.15) is 22.3 Å². The van der Waals surface area contributed by atoms with Gasteiger partial charge in [-0.15, -0.1) is 0 Å². The van der Waals surface area contributed by atoms with Crippen LogP contribution in [0.5, 0.6) is 5.75 Å². The van der Waals surface area contributed by atoms with Gasteiger partial charge in [0.25, 0.3) is 0 Å². The first-order chi connectivity index (χ1) is 15.0. The Morgan fingerprint density at radius 3 is 2.55 bits per heavy atom. The first-order valence-corrected chi connectivity index (χ1v) is 10.1. The number of rotatable bonds is 7. The number of ether oxygens (including phenoxy) is 4. The molecule has 2 aromatic carbocycles. The molecule has 1 fully saturated rings. The zero-order valence-electron chi connectivity index (χ0n) is 18.0. The maximum atomic E-state index is 12.3. The van der Waals surface area contributed by atoms with Gasteiger partial charge in [0, 0.05) is 25.9 Å². The summed E-state index contributed by atoms with van der Waals surface area (Å²) in [5.41, 5.74) is 2.14. The number of benzene rings is 2. The molecule has 31 heavy (non-hydrogen) atoms. The van der Waals surface area contributed by atoms with Gasteiger partial charge in [-0.3, -0.25) is 0 Å². The second-order valence-electron chi connectivity index (χ2n) is 7.20. The van der Waals surface area contributed by atoms with E-state index in [1.807, 2.05) is 36.4 Å². The Labute approximate surface area is 182 Å². The van der Waals surface area contributed by atoms with Crippen molar-refractivity contribution >= 4 is 17.7 Å². The molecular formula is C23H28N2O6. The summed E-state index contributed by atoms with van der Waals surface area (Å²) in [5.74, 6) is -0.00342. The molecule has 1 heterocycles. The van der Waals surface area contributed by atoms with Gasteiger partial charge in [-0.2, -0.15) is 0 Å². The normalized spacial score (nSPS) is 18.2. The van der Waals surface area contributed by atoms with E-state index in [1.54, 1.807) is 19.2 Å². The second kappa shape index (κ2) is 10.7. The molecule has 2 atom stereocenters. The fourth-order valence-corrected chi connectivity index (χ4v) is 3.63. The van der Waals surface area contributed by atoms with E-state index in [2.05, 4.69) is 10.2 Å². The van der Waals surface area contributed by atoms with E-state index in [1.165, 1.54) is 14.2 Å². The molecule has 2 aromatic rings. The Morgan fingerprint density at radius 2 is 1.87 bits per heavy atom. The fraction of sp³-hybridized carbons (Fsp3) is 0.391. The minimum atomic E-state index is -0.471. The number of hydrogen-bond donors (Lipinski definition) is 1. The Balaban J connectivity index is 1.61. The van der Waals surface area contributed by atoms with Crippen LogP contribution in [0.25, 0.3) is 0 Å². The molecule has 1 amide bonds. The first kappa shape index (κ1) is 22.4. The minimum absolute atomic E-state index is 0.178. The molecule has 1 N–H and O–H groups in total. The largest absolute Gasteiger partial charge is 0.496 e. The summed E-state index contributed by atoms with van der Waals surface area (Å²) in [6.45, 7) is 1.44. The van der Waals surface area contributed by atoms with Crippen molar-refractivity contribution in [1.29, 1.82) is 0 Å². The van der Waals surface area contributed by atoms with Gasteiger partial charge in [-0.05, 0) is 30.2 Å². The Morgan fingerprint density at radius 1 is 1.10 bits per heavy atom. The van der Waals surface area contributed by atoms with Gasteiger partial charge < -0.3 is 29.2 Å². The molecule has 0 spiro atoms. The van der Waals surface area contributed by atoms with Gasteiger partial charge in [0.1, 0.15) is 17.9 Å². The van der Waals surface area contributed by atoms with E-state index in [0.29, 0.717) is 30.8 Å². The summed E-state index contributed by atoms with van der Waals surface area (Å²) < 4.78 is 21.1.